The average molecular weight is 368 g/mol. The van der Waals surface area contributed by atoms with Gasteiger partial charge in [-0.1, -0.05) is 18.2 Å². The highest BCUT2D eigenvalue weighted by atomic mass is 79.9. The van der Waals surface area contributed by atoms with Gasteiger partial charge in [0.15, 0.2) is 0 Å². The molecular weight excluding hydrogens is 354 g/mol. The molecular formula is C19H14BrNO2. The molecule has 4 heteroatoms. The molecule has 3 aromatic rings. The number of hydrogen-bond donors (Lipinski definition) is 0. The van der Waals surface area contributed by atoms with Crippen LogP contribution in [0.3, 0.4) is 0 Å². The molecule has 0 N–H and O–H groups in total. The van der Waals surface area contributed by atoms with Gasteiger partial charge in [-0.15, -0.1) is 0 Å². The first kappa shape index (κ1) is 14.3. The van der Waals surface area contributed by atoms with Gasteiger partial charge in [0, 0.05) is 35.5 Å². The molecule has 0 spiro atoms. The van der Waals surface area contributed by atoms with E-state index < -0.39 is 0 Å². The van der Waals surface area contributed by atoms with Crippen molar-refractivity contribution in [3.8, 4) is 17.2 Å². The Morgan fingerprint density at radius 2 is 2.04 bits per heavy atom. The van der Waals surface area contributed by atoms with Crippen molar-refractivity contribution >= 4 is 15.9 Å². The van der Waals surface area contributed by atoms with Crippen LogP contribution >= 0.6 is 15.9 Å². The quantitative estimate of drug-likeness (QED) is 0.503. The Morgan fingerprint density at radius 3 is 2.91 bits per heavy atom. The molecule has 114 valence electrons. The van der Waals surface area contributed by atoms with E-state index in [9.17, 15) is 0 Å². The van der Waals surface area contributed by atoms with Crippen LogP contribution in [0, 0.1) is 0 Å². The third-order valence-corrected chi connectivity index (χ3v) is 4.43. The third kappa shape index (κ3) is 2.94. The summed E-state index contributed by atoms with van der Waals surface area (Å²) in [6.07, 6.45) is 4.42. The second kappa shape index (κ2) is 6.05. The van der Waals surface area contributed by atoms with Crippen LogP contribution in [0.5, 0.6) is 17.2 Å². The highest BCUT2D eigenvalue weighted by Gasteiger charge is 2.19. The number of benzene rings is 2. The van der Waals surface area contributed by atoms with Gasteiger partial charge < -0.3 is 9.47 Å². The van der Waals surface area contributed by atoms with Crippen molar-refractivity contribution in [2.24, 2.45) is 0 Å². The van der Waals surface area contributed by atoms with Gasteiger partial charge in [0.05, 0.1) is 4.47 Å². The number of para-hydroxylation sites is 1. The first-order valence-corrected chi connectivity index (χ1v) is 8.19. The SMILES string of the molecule is Brc1cccc2c1Oc1ccc(OCc3cccnc3)cc1C2. The Morgan fingerprint density at radius 1 is 1.09 bits per heavy atom. The fraction of sp³-hybridized carbons (Fsp3) is 0.105. The molecule has 0 fully saturated rings. The Kier molecular flexibility index (Phi) is 3.75. The first-order valence-electron chi connectivity index (χ1n) is 7.39. The number of nitrogens with zero attached hydrogens (tertiary/aromatic N) is 1. The van der Waals surface area contributed by atoms with Crippen molar-refractivity contribution < 1.29 is 9.47 Å². The van der Waals surface area contributed by atoms with Crippen LogP contribution in [0.1, 0.15) is 16.7 Å². The fourth-order valence-electron chi connectivity index (χ4n) is 2.66. The van der Waals surface area contributed by atoms with Gasteiger partial charge in [-0.05, 0) is 46.3 Å². The van der Waals surface area contributed by atoms with Gasteiger partial charge in [-0.3, -0.25) is 4.98 Å². The minimum Gasteiger partial charge on any atom is -0.489 e. The monoisotopic (exact) mass is 367 g/mol. The van der Waals surface area contributed by atoms with Crippen LogP contribution < -0.4 is 9.47 Å². The van der Waals surface area contributed by atoms with Gasteiger partial charge in [-0.25, -0.2) is 0 Å². The van der Waals surface area contributed by atoms with Gasteiger partial charge in [0.25, 0.3) is 0 Å². The number of aromatic nitrogens is 1. The summed E-state index contributed by atoms with van der Waals surface area (Å²) >= 11 is 3.54. The molecule has 0 aliphatic carbocycles. The summed E-state index contributed by atoms with van der Waals surface area (Å²) in [5, 5.41) is 0. The van der Waals surface area contributed by atoms with Crippen LogP contribution in [0.4, 0.5) is 0 Å². The Bertz CT molecular complexity index is 849. The van der Waals surface area contributed by atoms with Crippen LogP contribution in [0.25, 0.3) is 0 Å². The van der Waals surface area contributed by atoms with E-state index in [1.54, 1.807) is 6.20 Å². The van der Waals surface area contributed by atoms with Crippen LogP contribution in [-0.2, 0) is 13.0 Å². The molecule has 1 aliphatic rings. The van der Waals surface area contributed by atoms with E-state index in [1.807, 2.05) is 42.6 Å². The largest absolute Gasteiger partial charge is 0.489 e. The molecule has 0 atom stereocenters. The highest BCUT2D eigenvalue weighted by Crippen LogP contribution is 2.41. The third-order valence-electron chi connectivity index (χ3n) is 3.80. The molecule has 23 heavy (non-hydrogen) atoms. The minimum absolute atomic E-state index is 0.510. The van der Waals surface area contributed by atoms with Crippen molar-refractivity contribution in [3.05, 3.63) is 82.1 Å². The van der Waals surface area contributed by atoms with Gasteiger partial charge in [0.2, 0.25) is 0 Å². The number of rotatable bonds is 3. The highest BCUT2D eigenvalue weighted by molar-refractivity contribution is 9.10. The number of ether oxygens (including phenoxy) is 2. The molecule has 0 unspecified atom stereocenters. The molecule has 2 aromatic carbocycles. The second-order valence-corrected chi connectivity index (χ2v) is 6.28. The van der Waals surface area contributed by atoms with E-state index in [0.717, 1.165) is 39.3 Å². The topological polar surface area (TPSA) is 31.4 Å². The van der Waals surface area contributed by atoms with Crippen LogP contribution in [0.2, 0.25) is 0 Å². The number of fused-ring (bicyclic) bond motifs is 2. The maximum Gasteiger partial charge on any atom is 0.145 e. The lowest BCUT2D eigenvalue weighted by atomic mass is 10.0. The zero-order valence-electron chi connectivity index (χ0n) is 12.3. The maximum atomic E-state index is 6.01. The molecule has 4 rings (SSSR count). The van der Waals surface area contributed by atoms with Crippen LogP contribution in [0.15, 0.2) is 65.4 Å². The molecule has 0 bridgehead atoms. The lowest BCUT2D eigenvalue weighted by Crippen LogP contribution is -2.04. The minimum atomic E-state index is 0.510. The summed E-state index contributed by atoms with van der Waals surface area (Å²) in [7, 11) is 0. The summed E-state index contributed by atoms with van der Waals surface area (Å²) in [4.78, 5) is 4.10. The number of hydrogen-bond acceptors (Lipinski definition) is 3. The van der Waals surface area contributed by atoms with E-state index in [1.165, 1.54) is 5.56 Å². The summed E-state index contributed by atoms with van der Waals surface area (Å²) in [6, 6.07) is 16.0. The van der Waals surface area contributed by atoms with Crippen LogP contribution in [-0.4, -0.2) is 4.98 Å². The van der Waals surface area contributed by atoms with Crippen molar-refractivity contribution in [1.29, 1.82) is 0 Å². The van der Waals surface area contributed by atoms with E-state index in [2.05, 4.69) is 33.0 Å². The maximum absolute atomic E-state index is 6.01. The van der Waals surface area contributed by atoms with Gasteiger partial charge in [0.1, 0.15) is 23.9 Å². The number of pyridine rings is 1. The molecule has 1 aliphatic heterocycles. The lowest BCUT2D eigenvalue weighted by Gasteiger charge is -2.21. The summed E-state index contributed by atoms with van der Waals surface area (Å²) in [5.41, 5.74) is 3.37. The van der Waals surface area contributed by atoms with E-state index in [4.69, 9.17) is 9.47 Å². The Labute approximate surface area is 143 Å². The van der Waals surface area contributed by atoms with E-state index >= 15 is 0 Å². The van der Waals surface area contributed by atoms with Crippen molar-refractivity contribution in [2.45, 2.75) is 13.0 Å². The molecule has 3 nitrogen and oxygen atoms in total. The molecule has 0 radical (unpaired) electrons. The number of halogens is 1. The van der Waals surface area contributed by atoms with E-state index in [-0.39, 0.29) is 0 Å². The first-order chi connectivity index (χ1) is 11.3. The standard InChI is InChI=1S/C19H14BrNO2/c20-17-5-1-4-14-9-15-10-16(6-7-18(15)23-19(14)17)22-12-13-3-2-8-21-11-13/h1-8,10-11H,9,12H2. The lowest BCUT2D eigenvalue weighted by molar-refractivity contribution is 0.304. The zero-order valence-corrected chi connectivity index (χ0v) is 13.9. The van der Waals surface area contributed by atoms with Crippen molar-refractivity contribution in [1.82, 2.24) is 4.98 Å². The average Bonchev–Trinajstić information content (AvgIpc) is 2.60. The molecule has 0 saturated carbocycles. The zero-order chi connectivity index (χ0) is 15.6. The fourth-order valence-corrected chi connectivity index (χ4v) is 3.14. The predicted molar refractivity (Wildman–Crippen MR) is 92.0 cm³/mol. The molecule has 0 amide bonds. The van der Waals surface area contributed by atoms with Crippen molar-refractivity contribution in [3.63, 3.8) is 0 Å². The van der Waals surface area contributed by atoms with E-state index in [0.29, 0.717) is 6.61 Å². The van der Waals surface area contributed by atoms with Gasteiger partial charge in [-0.2, -0.15) is 0 Å². The second-order valence-electron chi connectivity index (χ2n) is 5.43. The molecule has 0 saturated heterocycles. The molecule has 2 heterocycles. The molecule has 1 aromatic heterocycles. The normalized spacial score (nSPS) is 12.0. The smallest absolute Gasteiger partial charge is 0.145 e. The predicted octanol–water partition coefficient (Wildman–Crippen LogP) is 5.12. The summed E-state index contributed by atoms with van der Waals surface area (Å²) < 4.78 is 12.9. The van der Waals surface area contributed by atoms with Gasteiger partial charge >= 0.3 is 0 Å². The summed E-state index contributed by atoms with van der Waals surface area (Å²) in [5.74, 6) is 2.64. The summed E-state index contributed by atoms with van der Waals surface area (Å²) in [6.45, 7) is 0.510. The Hall–Kier alpha value is -2.33. The Balaban J connectivity index is 1.55. The van der Waals surface area contributed by atoms with Crippen molar-refractivity contribution in [2.75, 3.05) is 0 Å².